The molecule has 2 atom stereocenters. The van der Waals surface area contributed by atoms with E-state index in [0.29, 0.717) is 6.61 Å². The van der Waals surface area contributed by atoms with Crippen LogP contribution >= 0.6 is 0 Å². The first-order valence-corrected chi connectivity index (χ1v) is 6.41. The summed E-state index contributed by atoms with van der Waals surface area (Å²) in [6.07, 6.45) is 0.925. The maximum Gasteiger partial charge on any atom is 0.161 e. The van der Waals surface area contributed by atoms with Gasteiger partial charge in [0, 0.05) is 18.5 Å². The van der Waals surface area contributed by atoms with Gasteiger partial charge in [0.25, 0.3) is 0 Å². The summed E-state index contributed by atoms with van der Waals surface area (Å²) in [5, 5.41) is 0. The smallest absolute Gasteiger partial charge is 0.161 e. The van der Waals surface area contributed by atoms with E-state index in [4.69, 9.17) is 15.2 Å². The molecule has 2 unspecified atom stereocenters. The number of hydrogen-bond donors (Lipinski definition) is 1. The molecule has 1 aromatic rings. The van der Waals surface area contributed by atoms with Gasteiger partial charge >= 0.3 is 0 Å². The molecule has 0 spiro atoms. The fourth-order valence-corrected chi connectivity index (χ4v) is 2.44. The fraction of sp³-hybridized carbons (Fsp3) is 0.571. The first-order valence-electron chi connectivity index (χ1n) is 6.41. The molecule has 0 saturated carbocycles. The lowest BCUT2D eigenvalue weighted by Crippen LogP contribution is -2.35. The lowest BCUT2D eigenvalue weighted by Gasteiger charge is -2.28. The summed E-state index contributed by atoms with van der Waals surface area (Å²) in [4.78, 5) is 2.13. The third kappa shape index (κ3) is 2.76. The average Bonchev–Trinajstić information content (AvgIpc) is 2.52. The minimum absolute atomic E-state index is 0.0600. The van der Waals surface area contributed by atoms with E-state index in [1.54, 1.807) is 0 Å². The highest BCUT2D eigenvalue weighted by molar-refractivity contribution is 5.44. The molecule has 4 heteroatoms. The third-order valence-corrected chi connectivity index (χ3v) is 3.17. The third-order valence-electron chi connectivity index (χ3n) is 3.17. The van der Waals surface area contributed by atoms with Crippen LogP contribution in [0.2, 0.25) is 0 Å². The van der Waals surface area contributed by atoms with Crippen molar-refractivity contribution in [3.63, 3.8) is 0 Å². The van der Waals surface area contributed by atoms with Crippen molar-refractivity contribution >= 4 is 0 Å². The van der Waals surface area contributed by atoms with E-state index in [1.165, 1.54) is 5.56 Å². The molecular formula is C14H22N2O2. The van der Waals surface area contributed by atoms with Gasteiger partial charge in [0.05, 0.1) is 13.2 Å². The van der Waals surface area contributed by atoms with Crippen molar-refractivity contribution in [1.82, 2.24) is 4.90 Å². The lowest BCUT2D eigenvalue weighted by atomic mass is 9.99. The van der Waals surface area contributed by atoms with Gasteiger partial charge in [0.15, 0.2) is 11.5 Å². The molecule has 0 amide bonds. The van der Waals surface area contributed by atoms with Crippen LogP contribution < -0.4 is 15.2 Å². The maximum absolute atomic E-state index is 6.06. The van der Waals surface area contributed by atoms with Crippen molar-refractivity contribution in [2.45, 2.75) is 25.4 Å². The highest BCUT2D eigenvalue weighted by atomic mass is 16.5. The molecule has 0 fully saturated rings. The number of benzene rings is 1. The highest BCUT2D eigenvalue weighted by Crippen LogP contribution is 2.33. The van der Waals surface area contributed by atoms with Crippen LogP contribution in [0.3, 0.4) is 0 Å². The lowest BCUT2D eigenvalue weighted by molar-refractivity contribution is 0.264. The predicted molar refractivity (Wildman–Crippen MR) is 72.1 cm³/mol. The Bertz CT molecular complexity index is 397. The molecule has 4 nitrogen and oxygen atoms in total. The second-order valence-electron chi connectivity index (χ2n) is 5.02. The second kappa shape index (κ2) is 5.59. The molecule has 1 aliphatic heterocycles. The Morgan fingerprint density at radius 3 is 2.44 bits per heavy atom. The molecule has 0 aliphatic carbocycles. The van der Waals surface area contributed by atoms with Gasteiger partial charge in [-0.2, -0.15) is 0 Å². The summed E-state index contributed by atoms with van der Waals surface area (Å²) >= 11 is 0. The molecule has 0 saturated heterocycles. The zero-order chi connectivity index (χ0) is 13.1. The summed E-state index contributed by atoms with van der Waals surface area (Å²) in [7, 11) is 4.08. The Morgan fingerprint density at radius 2 is 1.83 bits per heavy atom. The molecule has 2 N–H and O–H groups in total. The van der Waals surface area contributed by atoms with Crippen LogP contribution in [0.1, 0.15) is 24.9 Å². The van der Waals surface area contributed by atoms with Crippen LogP contribution in [0.4, 0.5) is 0 Å². The highest BCUT2D eigenvalue weighted by Gasteiger charge is 2.21. The summed E-state index contributed by atoms with van der Waals surface area (Å²) in [5.41, 5.74) is 7.23. The quantitative estimate of drug-likeness (QED) is 0.888. The number of likely N-dealkylation sites (N-methyl/N-ethyl adjacent to an activating group) is 1. The van der Waals surface area contributed by atoms with Gasteiger partial charge in [-0.15, -0.1) is 0 Å². The van der Waals surface area contributed by atoms with E-state index in [0.717, 1.165) is 24.5 Å². The maximum atomic E-state index is 6.06. The number of fused-ring (bicyclic) bond motifs is 1. The van der Waals surface area contributed by atoms with E-state index in [2.05, 4.69) is 17.0 Å². The summed E-state index contributed by atoms with van der Waals surface area (Å²) in [5.74, 6) is 1.66. The van der Waals surface area contributed by atoms with Crippen LogP contribution in [0.15, 0.2) is 18.2 Å². The van der Waals surface area contributed by atoms with Gasteiger partial charge in [-0.1, -0.05) is 6.07 Å². The van der Waals surface area contributed by atoms with E-state index in [1.807, 2.05) is 27.1 Å². The van der Waals surface area contributed by atoms with Gasteiger partial charge in [0.2, 0.25) is 0 Å². The number of ether oxygens (including phenoxy) is 2. The van der Waals surface area contributed by atoms with Crippen molar-refractivity contribution in [3.05, 3.63) is 23.8 Å². The fourth-order valence-electron chi connectivity index (χ4n) is 2.44. The van der Waals surface area contributed by atoms with Gasteiger partial charge < -0.3 is 20.1 Å². The standard InChI is InChI=1S/C14H22N2O2/c1-10(15)14(16(2)3)11-5-6-12-13(9-11)18-8-4-7-17-12/h5-6,9-10,14H,4,7-8,15H2,1-3H3. The summed E-state index contributed by atoms with van der Waals surface area (Å²) < 4.78 is 11.3. The topological polar surface area (TPSA) is 47.7 Å². The number of rotatable bonds is 3. The largest absolute Gasteiger partial charge is 0.490 e. The molecule has 1 aromatic carbocycles. The van der Waals surface area contributed by atoms with E-state index < -0.39 is 0 Å². The second-order valence-corrected chi connectivity index (χ2v) is 5.02. The molecule has 18 heavy (non-hydrogen) atoms. The summed E-state index contributed by atoms with van der Waals surface area (Å²) in [6.45, 7) is 3.45. The number of hydrogen-bond acceptors (Lipinski definition) is 4. The average molecular weight is 250 g/mol. The Kier molecular flexibility index (Phi) is 4.09. The van der Waals surface area contributed by atoms with Crippen molar-refractivity contribution in [1.29, 1.82) is 0 Å². The molecule has 0 aromatic heterocycles. The monoisotopic (exact) mass is 250 g/mol. The van der Waals surface area contributed by atoms with Crippen LogP contribution in [0.25, 0.3) is 0 Å². The molecule has 2 rings (SSSR count). The van der Waals surface area contributed by atoms with E-state index in [9.17, 15) is 0 Å². The van der Waals surface area contributed by atoms with E-state index >= 15 is 0 Å². The first-order chi connectivity index (χ1) is 8.59. The van der Waals surface area contributed by atoms with Crippen LogP contribution in [-0.4, -0.2) is 38.3 Å². The van der Waals surface area contributed by atoms with Gasteiger partial charge in [-0.25, -0.2) is 0 Å². The SMILES string of the molecule is CC(N)C(c1ccc2c(c1)OCCCO2)N(C)C. The zero-order valence-corrected chi connectivity index (χ0v) is 11.3. The normalized spacial score (nSPS) is 18.3. The minimum Gasteiger partial charge on any atom is -0.490 e. The minimum atomic E-state index is 0.0600. The van der Waals surface area contributed by atoms with Gasteiger partial charge in [-0.3, -0.25) is 0 Å². The van der Waals surface area contributed by atoms with Crippen LogP contribution in [0.5, 0.6) is 11.5 Å². The molecule has 0 radical (unpaired) electrons. The Hall–Kier alpha value is -1.26. The van der Waals surface area contributed by atoms with Crippen molar-refractivity contribution in [3.8, 4) is 11.5 Å². The van der Waals surface area contributed by atoms with Crippen molar-refractivity contribution < 1.29 is 9.47 Å². The first kappa shape index (κ1) is 13.2. The number of nitrogens with zero attached hydrogens (tertiary/aromatic N) is 1. The molecule has 1 heterocycles. The van der Waals surface area contributed by atoms with Crippen molar-refractivity contribution in [2.24, 2.45) is 5.73 Å². The van der Waals surface area contributed by atoms with Crippen LogP contribution in [0, 0.1) is 0 Å². The predicted octanol–water partition coefficient (Wildman–Crippen LogP) is 1.80. The zero-order valence-electron chi connectivity index (χ0n) is 11.3. The number of nitrogens with two attached hydrogens (primary N) is 1. The molecular weight excluding hydrogens is 228 g/mol. The Labute approximate surface area is 109 Å². The Balaban J connectivity index is 2.31. The van der Waals surface area contributed by atoms with Gasteiger partial charge in [0.1, 0.15) is 0 Å². The Morgan fingerprint density at radius 1 is 1.17 bits per heavy atom. The molecule has 1 aliphatic rings. The van der Waals surface area contributed by atoms with Gasteiger partial charge in [-0.05, 0) is 38.7 Å². The molecule has 0 bridgehead atoms. The molecule has 100 valence electrons. The summed E-state index contributed by atoms with van der Waals surface area (Å²) in [6, 6.07) is 6.34. The van der Waals surface area contributed by atoms with Crippen LogP contribution in [-0.2, 0) is 0 Å². The van der Waals surface area contributed by atoms with Crippen molar-refractivity contribution in [2.75, 3.05) is 27.3 Å². The van der Waals surface area contributed by atoms with E-state index in [-0.39, 0.29) is 12.1 Å².